The second-order valence-corrected chi connectivity index (χ2v) is 10.3. The maximum Gasteiger partial charge on any atom is 0.351 e. The zero-order chi connectivity index (χ0) is 34.4. The summed E-state index contributed by atoms with van der Waals surface area (Å²) in [5.74, 6) is -1.62. The van der Waals surface area contributed by atoms with Gasteiger partial charge in [-0.25, -0.2) is 27.2 Å². The van der Waals surface area contributed by atoms with Crippen molar-refractivity contribution in [3.63, 3.8) is 0 Å². The number of nitrogen functional groups attached to an aromatic ring is 2. The van der Waals surface area contributed by atoms with Crippen molar-refractivity contribution in [3.8, 4) is 0 Å². The van der Waals surface area contributed by atoms with Crippen LogP contribution in [0.1, 0.15) is 39.1 Å². The predicted molar refractivity (Wildman–Crippen MR) is 148 cm³/mol. The maximum atomic E-state index is 15.1. The van der Waals surface area contributed by atoms with Gasteiger partial charge in [0.2, 0.25) is 0 Å². The molecule has 0 amide bonds. The van der Waals surface area contributed by atoms with Crippen molar-refractivity contribution in [2.24, 2.45) is 0 Å². The third-order valence-corrected chi connectivity index (χ3v) is 7.19. The van der Waals surface area contributed by atoms with E-state index in [2.05, 4.69) is 9.97 Å². The fraction of sp³-hybridized carbons (Fsp3) is 0.615. The van der Waals surface area contributed by atoms with Gasteiger partial charge in [0.05, 0.1) is 6.61 Å². The second kappa shape index (κ2) is 15.0. The highest BCUT2D eigenvalue weighted by atomic mass is 19.1. The lowest BCUT2D eigenvalue weighted by molar-refractivity contribution is -0.181. The zero-order valence-corrected chi connectivity index (χ0v) is 24.6. The Bertz CT molecular complexity index is 1490. The molecule has 2 aromatic rings. The molecule has 2 saturated heterocycles. The van der Waals surface area contributed by atoms with Gasteiger partial charge in [0.15, 0.2) is 42.1 Å². The van der Waals surface area contributed by atoms with Crippen LogP contribution < -0.4 is 22.8 Å². The van der Waals surface area contributed by atoms with E-state index in [1.165, 1.54) is 26.0 Å². The van der Waals surface area contributed by atoms with Crippen LogP contribution in [-0.2, 0) is 28.5 Å². The van der Waals surface area contributed by atoms with Crippen molar-refractivity contribution in [1.29, 1.82) is 0 Å². The molecule has 0 aliphatic carbocycles. The fourth-order valence-electron chi connectivity index (χ4n) is 4.54. The van der Waals surface area contributed by atoms with Crippen LogP contribution in [0.2, 0.25) is 0 Å². The first-order valence-corrected chi connectivity index (χ1v) is 13.8. The molecule has 0 radical (unpaired) electrons. The molecule has 4 rings (SSSR count). The number of aliphatic hydroxyl groups is 2. The van der Waals surface area contributed by atoms with E-state index in [1.54, 1.807) is 0 Å². The number of alkyl halides is 4. The number of aliphatic hydroxyl groups excluding tert-OH is 2. The molecular weight excluding hydrogens is 632 g/mol. The Balaban J connectivity index is 0.000000266. The van der Waals surface area contributed by atoms with Crippen LogP contribution in [0.15, 0.2) is 34.1 Å². The summed E-state index contributed by atoms with van der Waals surface area (Å²) < 4.78 is 77.8. The van der Waals surface area contributed by atoms with Crippen molar-refractivity contribution >= 4 is 23.6 Å². The van der Waals surface area contributed by atoms with Crippen LogP contribution in [0.5, 0.6) is 0 Å². The fourth-order valence-corrected chi connectivity index (χ4v) is 4.54. The molecule has 46 heavy (non-hydrogen) atoms. The van der Waals surface area contributed by atoms with Gasteiger partial charge in [0.25, 0.3) is 0 Å². The molecule has 2 fully saturated rings. The number of ether oxygens (including phenoxy) is 4. The highest BCUT2D eigenvalue weighted by molar-refractivity contribution is 5.70. The molecule has 0 bridgehead atoms. The highest BCUT2D eigenvalue weighted by Crippen LogP contribution is 2.42. The standard InChI is InChI=1S/C16H21F2N3O6.C10H13F2N3O4/c1-3-10(22)25-8-16(7-17)13(26-11(23)4-2)12(18)14(27-16)21-6-5-9(19)20-15(21)24;11-3-10(4-16)7(17)6(12)8(19-10)15-2-1-5(13)14-9(15)18/h5-6,12-14H,3-4,7-8H2,1-2H3,(H2,19,20,24);1-2,6-8,16-17H,3-4H2,(H2,13,14,18)/t12-,13+,14-,16-;6-,7+,8-,10-/m11/s1. The van der Waals surface area contributed by atoms with Crippen LogP contribution in [0, 0.1) is 0 Å². The number of carbonyl (C=O) groups is 2. The lowest BCUT2D eigenvalue weighted by Crippen LogP contribution is -2.50. The van der Waals surface area contributed by atoms with E-state index >= 15 is 4.39 Å². The Morgan fingerprint density at radius 3 is 1.80 bits per heavy atom. The van der Waals surface area contributed by atoms with Crippen LogP contribution >= 0.6 is 0 Å². The van der Waals surface area contributed by atoms with Gasteiger partial charge in [-0.15, -0.1) is 0 Å². The normalized spacial score (nSPS) is 30.3. The Labute approximate surface area is 257 Å². The molecule has 4 heterocycles. The topological polar surface area (TPSA) is 233 Å². The predicted octanol–water partition coefficient (Wildman–Crippen LogP) is -0.570. The van der Waals surface area contributed by atoms with E-state index in [1.807, 2.05) is 0 Å². The maximum absolute atomic E-state index is 15.1. The number of rotatable bonds is 10. The number of hydrogen-bond acceptors (Lipinski definition) is 14. The van der Waals surface area contributed by atoms with Gasteiger partial charge in [-0.05, 0) is 12.1 Å². The molecule has 20 heteroatoms. The van der Waals surface area contributed by atoms with Gasteiger partial charge in [0.1, 0.15) is 37.7 Å². The van der Waals surface area contributed by atoms with Gasteiger partial charge >= 0.3 is 23.3 Å². The minimum Gasteiger partial charge on any atom is -0.462 e. The van der Waals surface area contributed by atoms with Crippen LogP contribution in [0.3, 0.4) is 0 Å². The lowest BCUT2D eigenvalue weighted by atomic mass is 9.97. The number of anilines is 2. The number of hydrogen-bond donors (Lipinski definition) is 4. The zero-order valence-electron chi connectivity index (χ0n) is 24.6. The smallest absolute Gasteiger partial charge is 0.351 e. The quantitative estimate of drug-likeness (QED) is 0.184. The van der Waals surface area contributed by atoms with E-state index < -0.39 is 98.1 Å². The molecule has 16 nitrogen and oxygen atoms in total. The van der Waals surface area contributed by atoms with E-state index in [9.17, 15) is 37.5 Å². The van der Waals surface area contributed by atoms with Crippen molar-refractivity contribution in [2.75, 3.05) is 38.0 Å². The Hall–Kier alpha value is -4.14. The molecular formula is C26H34F4N6O10. The molecule has 256 valence electrons. The number of nitrogens with two attached hydrogens (primary N) is 2. The Morgan fingerprint density at radius 2 is 1.39 bits per heavy atom. The third-order valence-electron chi connectivity index (χ3n) is 7.19. The number of esters is 2. The van der Waals surface area contributed by atoms with E-state index in [0.717, 1.165) is 21.5 Å². The highest BCUT2D eigenvalue weighted by Gasteiger charge is 2.60. The summed E-state index contributed by atoms with van der Waals surface area (Å²) >= 11 is 0. The van der Waals surface area contributed by atoms with Gasteiger partial charge in [-0.2, -0.15) is 9.97 Å². The number of carbonyl (C=O) groups excluding carboxylic acids is 2. The van der Waals surface area contributed by atoms with Gasteiger partial charge < -0.3 is 40.6 Å². The number of halogens is 4. The molecule has 2 aliphatic rings. The third kappa shape index (κ3) is 7.29. The average Bonchev–Trinajstić information content (AvgIpc) is 3.45. The summed E-state index contributed by atoms with van der Waals surface area (Å²) in [7, 11) is 0. The first-order chi connectivity index (χ1) is 21.7. The second-order valence-electron chi connectivity index (χ2n) is 10.3. The Kier molecular flexibility index (Phi) is 11.8. The summed E-state index contributed by atoms with van der Waals surface area (Å²) in [5, 5.41) is 18.7. The summed E-state index contributed by atoms with van der Waals surface area (Å²) in [6.07, 6.45) is -8.85. The van der Waals surface area contributed by atoms with Crippen molar-refractivity contribution in [2.45, 2.75) is 74.9 Å². The summed E-state index contributed by atoms with van der Waals surface area (Å²) in [4.78, 5) is 53.6. The van der Waals surface area contributed by atoms with Crippen molar-refractivity contribution in [1.82, 2.24) is 19.1 Å². The monoisotopic (exact) mass is 666 g/mol. The van der Waals surface area contributed by atoms with Gasteiger partial charge in [0, 0.05) is 25.2 Å². The van der Waals surface area contributed by atoms with Gasteiger partial charge in [-0.3, -0.25) is 18.7 Å². The molecule has 6 N–H and O–H groups in total. The molecule has 8 atom stereocenters. The van der Waals surface area contributed by atoms with E-state index in [0.29, 0.717) is 0 Å². The first-order valence-electron chi connectivity index (χ1n) is 13.8. The number of nitrogens with zero attached hydrogens (tertiary/aromatic N) is 4. The minimum atomic E-state index is -2.11. The summed E-state index contributed by atoms with van der Waals surface area (Å²) in [5.41, 5.74) is 4.69. The summed E-state index contributed by atoms with van der Waals surface area (Å²) in [6.45, 7) is -1.22. The summed E-state index contributed by atoms with van der Waals surface area (Å²) in [6, 6.07) is 2.47. The van der Waals surface area contributed by atoms with Crippen LogP contribution in [-0.4, -0.2) is 104 Å². The van der Waals surface area contributed by atoms with Gasteiger partial charge in [-0.1, -0.05) is 13.8 Å². The molecule has 0 spiro atoms. The van der Waals surface area contributed by atoms with E-state index in [-0.39, 0.29) is 24.5 Å². The molecule has 0 aromatic carbocycles. The number of aromatic nitrogens is 4. The molecule has 2 aromatic heterocycles. The van der Waals surface area contributed by atoms with E-state index in [4.69, 9.17) is 35.5 Å². The minimum absolute atomic E-state index is 0.00556. The molecule has 0 saturated carbocycles. The van der Waals surface area contributed by atoms with Crippen LogP contribution in [0.25, 0.3) is 0 Å². The molecule has 2 aliphatic heterocycles. The Morgan fingerprint density at radius 1 is 0.913 bits per heavy atom. The van der Waals surface area contributed by atoms with Crippen molar-refractivity contribution < 1.29 is 56.3 Å². The average molecular weight is 667 g/mol. The SMILES string of the molecule is CCC(=O)OC[C@@]1(CF)O[C@@H](n2ccc(N)nc2=O)[C@H](F)[C@@H]1OC(=O)CC.Nc1ccn([C@@H]2O[C@@](CO)(CF)[C@@H](O)[C@H]2F)c(=O)n1. The first kappa shape index (κ1) is 36.3. The molecule has 0 unspecified atom stereocenters. The van der Waals surface area contributed by atoms with Crippen LogP contribution in [0.4, 0.5) is 29.2 Å². The lowest BCUT2D eigenvalue weighted by Gasteiger charge is -2.30. The largest absolute Gasteiger partial charge is 0.462 e. The van der Waals surface area contributed by atoms with Crippen molar-refractivity contribution in [3.05, 3.63) is 45.5 Å².